The second-order valence-corrected chi connectivity index (χ2v) is 4.76. The molecule has 2 aliphatic rings. The molecule has 1 aliphatic heterocycles. The van der Waals surface area contributed by atoms with Crippen molar-refractivity contribution in [3.05, 3.63) is 0 Å². The lowest BCUT2D eigenvalue weighted by molar-refractivity contribution is 0.131. The number of piperidine rings is 1. The normalized spacial score (nSPS) is 37.6. The largest absolute Gasteiger partial charge is 0.313 e. The van der Waals surface area contributed by atoms with E-state index in [0.29, 0.717) is 0 Å². The van der Waals surface area contributed by atoms with Crippen molar-refractivity contribution >= 4 is 0 Å². The maximum atomic E-state index is 6.42. The molecule has 3 N–H and O–H groups in total. The van der Waals surface area contributed by atoms with E-state index in [1.54, 1.807) is 0 Å². The number of nitrogens with one attached hydrogen (secondary N) is 1. The molecular formula is C11H22N2. The van der Waals surface area contributed by atoms with Gasteiger partial charge in [-0.05, 0) is 44.6 Å². The summed E-state index contributed by atoms with van der Waals surface area (Å²) in [5, 5.41) is 3.54. The first-order valence-corrected chi connectivity index (χ1v) is 5.85. The molecule has 1 saturated heterocycles. The number of nitrogens with two attached hydrogens (primary N) is 1. The van der Waals surface area contributed by atoms with Crippen molar-refractivity contribution in [2.45, 2.75) is 57.0 Å². The molecule has 1 heterocycles. The predicted molar refractivity (Wildman–Crippen MR) is 55.3 cm³/mol. The molecule has 76 valence electrons. The van der Waals surface area contributed by atoms with Crippen LogP contribution < -0.4 is 11.1 Å². The second kappa shape index (κ2) is 3.97. The van der Waals surface area contributed by atoms with Crippen LogP contribution in [0.2, 0.25) is 0 Å². The van der Waals surface area contributed by atoms with Gasteiger partial charge in [0.2, 0.25) is 0 Å². The molecule has 1 atom stereocenters. The summed E-state index contributed by atoms with van der Waals surface area (Å²) in [6.45, 7) is 1.13. The first-order valence-electron chi connectivity index (χ1n) is 5.85. The van der Waals surface area contributed by atoms with Gasteiger partial charge in [0.15, 0.2) is 0 Å². The Balaban J connectivity index is 1.94. The average Bonchev–Trinajstić information content (AvgIpc) is 2.20. The fourth-order valence-electron chi connectivity index (χ4n) is 2.92. The van der Waals surface area contributed by atoms with Crippen molar-refractivity contribution in [1.82, 2.24) is 5.32 Å². The Hall–Kier alpha value is -0.0800. The summed E-state index contributed by atoms with van der Waals surface area (Å²) in [6, 6.07) is 0. The Morgan fingerprint density at radius 1 is 1.00 bits per heavy atom. The van der Waals surface area contributed by atoms with Gasteiger partial charge in [0.25, 0.3) is 0 Å². The lowest BCUT2D eigenvalue weighted by atomic mass is 9.76. The Morgan fingerprint density at radius 2 is 1.77 bits per heavy atom. The van der Waals surface area contributed by atoms with E-state index >= 15 is 0 Å². The highest BCUT2D eigenvalue weighted by atomic mass is 15.1. The first kappa shape index (κ1) is 9.47. The van der Waals surface area contributed by atoms with Crippen molar-refractivity contribution in [2.24, 2.45) is 11.7 Å². The van der Waals surface area contributed by atoms with Gasteiger partial charge in [0, 0.05) is 0 Å². The second-order valence-electron chi connectivity index (χ2n) is 4.76. The van der Waals surface area contributed by atoms with E-state index in [2.05, 4.69) is 5.32 Å². The average molecular weight is 182 g/mol. The molecule has 1 aliphatic carbocycles. The quantitative estimate of drug-likeness (QED) is 0.651. The maximum absolute atomic E-state index is 6.42. The molecule has 0 bridgehead atoms. The molecule has 0 spiro atoms. The van der Waals surface area contributed by atoms with Crippen molar-refractivity contribution in [1.29, 1.82) is 0 Å². The SMILES string of the molecule is NC1(C2CCCCC2)CCCCN1. The smallest absolute Gasteiger partial charge is 0.0690 e. The minimum atomic E-state index is -0.00132. The van der Waals surface area contributed by atoms with Crippen LogP contribution in [-0.2, 0) is 0 Å². The summed E-state index contributed by atoms with van der Waals surface area (Å²) in [4.78, 5) is 0. The van der Waals surface area contributed by atoms with Crippen LogP contribution in [0.4, 0.5) is 0 Å². The van der Waals surface area contributed by atoms with Crippen LogP contribution in [-0.4, -0.2) is 12.2 Å². The minimum absolute atomic E-state index is 0.00132. The van der Waals surface area contributed by atoms with Gasteiger partial charge >= 0.3 is 0 Å². The number of hydrogen-bond donors (Lipinski definition) is 2. The van der Waals surface area contributed by atoms with E-state index in [1.807, 2.05) is 0 Å². The summed E-state index contributed by atoms with van der Waals surface area (Å²) < 4.78 is 0. The third kappa shape index (κ3) is 2.05. The van der Waals surface area contributed by atoms with Crippen LogP contribution in [0.3, 0.4) is 0 Å². The standard InChI is InChI=1S/C11H22N2/c12-11(8-4-5-9-13-11)10-6-2-1-3-7-10/h10,13H,1-9,12H2. The molecule has 0 amide bonds. The fourth-order valence-corrected chi connectivity index (χ4v) is 2.92. The summed E-state index contributed by atoms with van der Waals surface area (Å²) in [7, 11) is 0. The van der Waals surface area contributed by atoms with Crippen LogP contribution in [0.15, 0.2) is 0 Å². The predicted octanol–water partition coefficient (Wildman–Crippen LogP) is 2.00. The molecule has 2 heteroatoms. The Bertz CT molecular complexity index is 155. The number of hydrogen-bond acceptors (Lipinski definition) is 2. The molecule has 0 aromatic rings. The monoisotopic (exact) mass is 182 g/mol. The van der Waals surface area contributed by atoms with E-state index in [-0.39, 0.29) is 5.66 Å². The van der Waals surface area contributed by atoms with E-state index < -0.39 is 0 Å². The van der Waals surface area contributed by atoms with Crippen LogP contribution >= 0.6 is 0 Å². The molecule has 1 unspecified atom stereocenters. The van der Waals surface area contributed by atoms with E-state index in [0.717, 1.165) is 12.5 Å². The Labute approximate surface area is 81.3 Å². The maximum Gasteiger partial charge on any atom is 0.0690 e. The molecule has 0 aromatic carbocycles. The van der Waals surface area contributed by atoms with Crippen LogP contribution in [0.25, 0.3) is 0 Å². The molecule has 13 heavy (non-hydrogen) atoms. The van der Waals surface area contributed by atoms with Crippen molar-refractivity contribution in [3.8, 4) is 0 Å². The third-order valence-electron chi connectivity index (χ3n) is 3.81. The fraction of sp³-hybridized carbons (Fsp3) is 1.00. The highest BCUT2D eigenvalue weighted by Gasteiger charge is 2.35. The highest BCUT2D eigenvalue weighted by molar-refractivity contribution is 4.92. The lowest BCUT2D eigenvalue weighted by Crippen LogP contribution is -2.61. The van der Waals surface area contributed by atoms with E-state index in [9.17, 15) is 0 Å². The lowest BCUT2D eigenvalue weighted by Gasteiger charge is -2.43. The molecule has 0 radical (unpaired) electrons. The zero-order valence-corrected chi connectivity index (χ0v) is 8.52. The van der Waals surface area contributed by atoms with Gasteiger partial charge in [-0.1, -0.05) is 19.3 Å². The van der Waals surface area contributed by atoms with E-state index in [4.69, 9.17) is 5.73 Å². The first-order chi connectivity index (χ1) is 6.31. The van der Waals surface area contributed by atoms with Gasteiger partial charge in [-0.15, -0.1) is 0 Å². The van der Waals surface area contributed by atoms with Crippen molar-refractivity contribution in [2.75, 3.05) is 6.54 Å². The summed E-state index contributed by atoms with van der Waals surface area (Å²) >= 11 is 0. The summed E-state index contributed by atoms with van der Waals surface area (Å²) in [5.74, 6) is 0.751. The molecule has 1 saturated carbocycles. The molecule has 0 aromatic heterocycles. The third-order valence-corrected chi connectivity index (χ3v) is 3.81. The van der Waals surface area contributed by atoms with Gasteiger partial charge in [-0.3, -0.25) is 5.32 Å². The van der Waals surface area contributed by atoms with Crippen molar-refractivity contribution in [3.63, 3.8) is 0 Å². The summed E-state index contributed by atoms with van der Waals surface area (Å²) in [6.07, 6.45) is 10.7. The van der Waals surface area contributed by atoms with Crippen LogP contribution in [0, 0.1) is 5.92 Å². The molecule has 2 nitrogen and oxygen atoms in total. The Morgan fingerprint density at radius 3 is 2.38 bits per heavy atom. The topological polar surface area (TPSA) is 38.0 Å². The van der Waals surface area contributed by atoms with Gasteiger partial charge in [0.05, 0.1) is 5.66 Å². The van der Waals surface area contributed by atoms with E-state index in [1.165, 1.54) is 51.4 Å². The molecular weight excluding hydrogens is 160 g/mol. The zero-order chi connectivity index (χ0) is 9.15. The van der Waals surface area contributed by atoms with Gasteiger partial charge < -0.3 is 5.73 Å². The molecule has 2 rings (SSSR count). The summed E-state index contributed by atoms with van der Waals surface area (Å²) in [5.41, 5.74) is 6.42. The Kier molecular flexibility index (Phi) is 2.89. The van der Waals surface area contributed by atoms with Gasteiger partial charge in [0.1, 0.15) is 0 Å². The van der Waals surface area contributed by atoms with Crippen molar-refractivity contribution < 1.29 is 0 Å². The number of rotatable bonds is 1. The zero-order valence-electron chi connectivity index (χ0n) is 8.52. The highest BCUT2D eigenvalue weighted by Crippen LogP contribution is 2.33. The van der Waals surface area contributed by atoms with Crippen LogP contribution in [0.1, 0.15) is 51.4 Å². The molecule has 2 fully saturated rings. The minimum Gasteiger partial charge on any atom is -0.313 e. The van der Waals surface area contributed by atoms with Gasteiger partial charge in [-0.25, -0.2) is 0 Å². The van der Waals surface area contributed by atoms with Crippen LogP contribution in [0.5, 0.6) is 0 Å². The van der Waals surface area contributed by atoms with Gasteiger partial charge in [-0.2, -0.15) is 0 Å².